The van der Waals surface area contributed by atoms with Crippen molar-refractivity contribution in [1.82, 2.24) is 4.31 Å². The predicted molar refractivity (Wildman–Crippen MR) is 68.9 cm³/mol. The van der Waals surface area contributed by atoms with E-state index >= 15 is 0 Å². The molecule has 0 bridgehead atoms. The number of ether oxygens (including phenoxy) is 1. The van der Waals surface area contributed by atoms with Crippen molar-refractivity contribution in [2.45, 2.75) is 19.8 Å². The van der Waals surface area contributed by atoms with Crippen LogP contribution in [-0.2, 0) is 14.8 Å². The molecule has 0 unspecified atom stereocenters. The number of methoxy groups -OCH3 is 1. The Labute approximate surface area is 103 Å². The molecule has 0 fully saturated rings. The summed E-state index contributed by atoms with van der Waals surface area (Å²) in [6.07, 6.45) is 1.22. The molecule has 0 saturated carbocycles. The van der Waals surface area contributed by atoms with Crippen LogP contribution in [0.1, 0.15) is 19.8 Å². The Morgan fingerprint density at radius 2 is 2.12 bits per heavy atom. The molecule has 0 heterocycles. The fourth-order valence-corrected chi connectivity index (χ4v) is 3.03. The molecular formula is C9H20N2O3S2. The van der Waals surface area contributed by atoms with Crippen LogP contribution in [0.3, 0.4) is 0 Å². The number of nitrogens with zero attached hydrogens (tertiary/aromatic N) is 1. The van der Waals surface area contributed by atoms with Crippen LogP contribution >= 0.6 is 12.2 Å². The van der Waals surface area contributed by atoms with Crippen molar-refractivity contribution in [3.63, 3.8) is 0 Å². The van der Waals surface area contributed by atoms with Gasteiger partial charge >= 0.3 is 0 Å². The van der Waals surface area contributed by atoms with Crippen molar-refractivity contribution >= 4 is 27.2 Å². The van der Waals surface area contributed by atoms with Gasteiger partial charge in [0.2, 0.25) is 10.0 Å². The van der Waals surface area contributed by atoms with Gasteiger partial charge in [-0.05, 0) is 12.8 Å². The van der Waals surface area contributed by atoms with Gasteiger partial charge in [0.05, 0.1) is 17.3 Å². The van der Waals surface area contributed by atoms with E-state index in [-0.39, 0.29) is 17.3 Å². The zero-order valence-corrected chi connectivity index (χ0v) is 11.4. The van der Waals surface area contributed by atoms with E-state index in [1.165, 1.54) is 4.31 Å². The van der Waals surface area contributed by atoms with Crippen LogP contribution in [-0.4, -0.2) is 50.3 Å². The van der Waals surface area contributed by atoms with Gasteiger partial charge in [-0.2, -0.15) is 4.31 Å². The molecule has 0 aromatic carbocycles. The van der Waals surface area contributed by atoms with Crippen LogP contribution in [0.2, 0.25) is 0 Å². The number of thiocarbonyl (C=S) groups is 1. The maximum Gasteiger partial charge on any atom is 0.214 e. The summed E-state index contributed by atoms with van der Waals surface area (Å²) >= 11 is 4.74. The summed E-state index contributed by atoms with van der Waals surface area (Å²) in [5.74, 6) is 0.0729. The molecule has 0 aliphatic carbocycles. The maximum atomic E-state index is 11.9. The van der Waals surface area contributed by atoms with Gasteiger partial charge in [0, 0.05) is 20.3 Å². The summed E-state index contributed by atoms with van der Waals surface area (Å²) < 4.78 is 29.9. The van der Waals surface area contributed by atoms with Crippen LogP contribution in [0.4, 0.5) is 0 Å². The summed E-state index contributed by atoms with van der Waals surface area (Å²) in [6, 6.07) is 0. The fraction of sp³-hybridized carbons (Fsp3) is 0.889. The highest BCUT2D eigenvalue weighted by Crippen LogP contribution is 2.04. The molecule has 96 valence electrons. The lowest BCUT2D eigenvalue weighted by molar-refractivity contribution is 0.199. The van der Waals surface area contributed by atoms with E-state index < -0.39 is 10.0 Å². The number of sulfonamides is 1. The topological polar surface area (TPSA) is 72.6 Å². The zero-order chi connectivity index (χ0) is 12.6. The second-order valence-electron chi connectivity index (χ2n) is 3.46. The Hall–Kier alpha value is -0.240. The lowest BCUT2D eigenvalue weighted by Gasteiger charge is -2.20. The molecule has 0 spiro atoms. The molecule has 16 heavy (non-hydrogen) atoms. The average Bonchev–Trinajstić information content (AvgIpc) is 2.16. The molecular weight excluding hydrogens is 248 g/mol. The van der Waals surface area contributed by atoms with Crippen molar-refractivity contribution in [2.75, 3.05) is 32.6 Å². The Morgan fingerprint density at radius 1 is 1.50 bits per heavy atom. The van der Waals surface area contributed by atoms with Crippen molar-refractivity contribution in [2.24, 2.45) is 5.73 Å². The Balaban J connectivity index is 4.43. The first-order valence-corrected chi connectivity index (χ1v) is 7.20. The molecule has 0 saturated heterocycles. The van der Waals surface area contributed by atoms with E-state index in [1.54, 1.807) is 7.11 Å². The van der Waals surface area contributed by atoms with Crippen molar-refractivity contribution in [1.29, 1.82) is 0 Å². The van der Waals surface area contributed by atoms with Crippen molar-refractivity contribution < 1.29 is 13.2 Å². The molecule has 0 amide bonds. The van der Waals surface area contributed by atoms with Crippen LogP contribution in [0.15, 0.2) is 0 Å². The second-order valence-corrected chi connectivity index (χ2v) is 6.08. The molecule has 5 nitrogen and oxygen atoms in total. The summed E-state index contributed by atoms with van der Waals surface area (Å²) in [5, 5.41) is 0. The molecule has 0 aliphatic rings. The molecule has 0 aromatic rings. The van der Waals surface area contributed by atoms with Gasteiger partial charge in [-0.15, -0.1) is 0 Å². The van der Waals surface area contributed by atoms with Gasteiger partial charge in [-0.1, -0.05) is 19.1 Å². The van der Waals surface area contributed by atoms with Crippen LogP contribution in [0, 0.1) is 0 Å². The van der Waals surface area contributed by atoms with Gasteiger partial charge in [0.25, 0.3) is 0 Å². The number of hydrogen-bond donors (Lipinski definition) is 1. The summed E-state index contributed by atoms with van der Waals surface area (Å²) in [7, 11) is -1.72. The molecule has 0 radical (unpaired) electrons. The molecule has 0 aromatic heterocycles. The molecule has 7 heteroatoms. The quantitative estimate of drug-likeness (QED) is 0.482. The lowest BCUT2D eigenvalue weighted by atomic mass is 10.5. The third-order valence-corrected chi connectivity index (χ3v) is 3.98. The van der Waals surface area contributed by atoms with Gasteiger partial charge < -0.3 is 10.5 Å². The van der Waals surface area contributed by atoms with Crippen molar-refractivity contribution in [3.05, 3.63) is 0 Å². The minimum atomic E-state index is -3.27. The highest BCUT2D eigenvalue weighted by Gasteiger charge is 2.21. The number of nitrogens with two attached hydrogens (primary N) is 1. The van der Waals surface area contributed by atoms with Gasteiger partial charge in [0.1, 0.15) is 0 Å². The lowest BCUT2D eigenvalue weighted by Crippen LogP contribution is -2.39. The first-order valence-electron chi connectivity index (χ1n) is 5.19. The van der Waals surface area contributed by atoms with Gasteiger partial charge in [-0.3, -0.25) is 0 Å². The van der Waals surface area contributed by atoms with E-state index in [2.05, 4.69) is 0 Å². The zero-order valence-electron chi connectivity index (χ0n) is 9.81. The molecule has 0 atom stereocenters. The minimum absolute atomic E-state index is 0.0729. The molecule has 2 N–H and O–H groups in total. The standard InChI is InChI=1S/C9H20N2O3S2/c1-3-5-11(8-9(10)15)16(12,13)7-4-6-14-2/h3-8H2,1-2H3,(H2,10,15). The predicted octanol–water partition coefficient (Wildman–Crippen LogP) is 0.351. The van der Waals surface area contributed by atoms with E-state index in [0.717, 1.165) is 6.42 Å². The third kappa shape index (κ3) is 6.37. The normalized spacial score (nSPS) is 11.9. The van der Waals surface area contributed by atoms with Gasteiger partial charge in [-0.25, -0.2) is 8.42 Å². The maximum absolute atomic E-state index is 11.9. The van der Waals surface area contributed by atoms with E-state index in [9.17, 15) is 8.42 Å². The summed E-state index contributed by atoms with van der Waals surface area (Å²) in [4.78, 5) is 0.198. The van der Waals surface area contributed by atoms with E-state index in [1.807, 2.05) is 6.92 Å². The largest absolute Gasteiger partial charge is 0.392 e. The SMILES string of the molecule is CCCN(CC(N)=S)S(=O)(=O)CCCOC. The summed E-state index contributed by atoms with van der Waals surface area (Å²) in [6.45, 7) is 2.93. The average molecular weight is 268 g/mol. The van der Waals surface area contributed by atoms with Crippen LogP contribution in [0.25, 0.3) is 0 Å². The number of rotatable bonds is 9. The first-order chi connectivity index (χ1) is 7.44. The number of hydrogen-bond acceptors (Lipinski definition) is 4. The minimum Gasteiger partial charge on any atom is -0.392 e. The highest BCUT2D eigenvalue weighted by molar-refractivity contribution is 7.89. The van der Waals surface area contributed by atoms with Crippen LogP contribution in [0.5, 0.6) is 0 Å². The Morgan fingerprint density at radius 3 is 2.56 bits per heavy atom. The smallest absolute Gasteiger partial charge is 0.214 e. The third-order valence-electron chi connectivity index (χ3n) is 1.95. The van der Waals surface area contributed by atoms with Crippen LogP contribution < -0.4 is 5.73 Å². The monoisotopic (exact) mass is 268 g/mol. The van der Waals surface area contributed by atoms with E-state index in [4.69, 9.17) is 22.7 Å². The second kappa shape index (κ2) is 7.94. The van der Waals surface area contributed by atoms with Gasteiger partial charge in [0.15, 0.2) is 0 Å². The Kier molecular flexibility index (Phi) is 7.82. The first kappa shape index (κ1) is 15.8. The van der Waals surface area contributed by atoms with E-state index in [0.29, 0.717) is 19.6 Å². The molecule has 0 rings (SSSR count). The highest BCUT2D eigenvalue weighted by atomic mass is 32.2. The fourth-order valence-electron chi connectivity index (χ4n) is 1.25. The Bertz CT molecular complexity index is 304. The van der Waals surface area contributed by atoms with Crippen molar-refractivity contribution in [3.8, 4) is 0 Å². The summed E-state index contributed by atoms with van der Waals surface area (Å²) in [5.41, 5.74) is 5.38. The molecule has 0 aliphatic heterocycles.